The topological polar surface area (TPSA) is 42.2 Å². The third kappa shape index (κ3) is 1.77. The van der Waals surface area contributed by atoms with Gasteiger partial charge in [-0.15, -0.1) is 12.4 Å². The normalized spacial score (nSPS) is 8.50. The molecule has 56 valence electrons. The van der Waals surface area contributed by atoms with Crippen molar-refractivity contribution >= 4 is 18.4 Å². The number of rotatable bonds is 1. The monoisotopic (exact) mass is 161 g/mol. The molecule has 0 saturated carbocycles. The van der Waals surface area contributed by atoms with E-state index in [1.54, 1.807) is 30.1 Å². The zero-order valence-electron chi connectivity index (χ0n) is 5.44. The van der Waals surface area contributed by atoms with Gasteiger partial charge < -0.3 is 9.67 Å². The van der Waals surface area contributed by atoms with Gasteiger partial charge in [0.1, 0.15) is 0 Å². The van der Waals surface area contributed by atoms with E-state index in [2.05, 4.69) is 0 Å². The average Bonchev–Trinajstić information content (AvgIpc) is 2.14. The van der Waals surface area contributed by atoms with Crippen LogP contribution in [0.25, 0.3) is 0 Å². The molecule has 10 heavy (non-hydrogen) atoms. The largest absolute Gasteiger partial charge is 0.478 e. The summed E-state index contributed by atoms with van der Waals surface area (Å²) in [5.74, 6) is -0.879. The third-order valence-electron chi connectivity index (χ3n) is 1.08. The number of carboxylic acids is 1. The van der Waals surface area contributed by atoms with Crippen molar-refractivity contribution in [1.29, 1.82) is 0 Å². The van der Waals surface area contributed by atoms with Gasteiger partial charge in [-0.1, -0.05) is 0 Å². The molecule has 3 nitrogen and oxygen atoms in total. The van der Waals surface area contributed by atoms with Gasteiger partial charge in [0.05, 0.1) is 5.56 Å². The Balaban J connectivity index is 0.000000810. The predicted octanol–water partition coefficient (Wildman–Crippen LogP) is 1.15. The molecule has 0 saturated heterocycles. The standard InChI is InChI=1S/C6H7NO2.ClH/c1-7-3-2-5(4-7)6(8)9;/h2-4H,1H3,(H,8,9);1H. The Bertz CT molecular complexity index is 231. The number of hydrogen-bond donors (Lipinski definition) is 1. The highest BCUT2D eigenvalue weighted by Crippen LogP contribution is 1.97. The van der Waals surface area contributed by atoms with Crippen molar-refractivity contribution in [3.05, 3.63) is 24.0 Å². The Morgan fingerprint density at radius 3 is 2.50 bits per heavy atom. The van der Waals surface area contributed by atoms with E-state index in [4.69, 9.17) is 5.11 Å². The van der Waals surface area contributed by atoms with Gasteiger partial charge in [-0.05, 0) is 6.07 Å². The van der Waals surface area contributed by atoms with E-state index in [9.17, 15) is 4.79 Å². The van der Waals surface area contributed by atoms with E-state index in [1.807, 2.05) is 0 Å². The minimum absolute atomic E-state index is 0. The quantitative estimate of drug-likeness (QED) is 0.671. The van der Waals surface area contributed by atoms with Crippen molar-refractivity contribution < 1.29 is 9.90 Å². The van der Waals surface area contributed by atoms with Gasteiger partial charge in [0.25, 0.3) is 0 Å². The summed E-state index contributed by atoms with van der Waals surface area (Å²) in [5, 5.41) is 8.38. The lowest BCUT2D eigenvalue weighted by atomic mass is 10.4. The lowest BCUT2D eigenvalue weighted by molar-refractivity contribution is 0.0697. The molecule has 1 rings (SSSR count). The molecule has 0 aliphatic rings. The van der Waals surface area contributed by atoms with Gasteiger partial charge in [0.15, 0.2) is 0 Å². The van der Waals surface area contributed by atoms with Crippen molar-refractivity contribution in [2.45, 2.75) is 0 Å². The number of aryl methyl sites for hydroxylation is 1. The van der Waals surface area contributed by atoms with E-state index >= 15 is 0 Å². The van der Waals surface area contributed by atoms with Crippen LogP contribution in [0.2, 0.25) is 0 Å². The number of aromatic nitrogens is 1. The Morgan fingerprint density at radius 1 is 1.70 bits per heavy atom. The molecule has 0 bridgehead atoms. The van der Waals surface area contributed by atoms with Crippen molar-refractivity contribution in [3.8, 4) is 0 Å². The van der Waals surface area contributed by atoms with Crippen LogP contribution in [0.4, 0.5) is 0 Å². The maximum atomic E-state index is 10.2. The summed E-state index contributed by atoms with van der Waals surface area (Å²) in [6.07, 6.45) is 3.26. The number of hydrogen-bond acceptors (Lipinski definition) is 1. The molecule has 0 amide bonds. The van der Waals surface area contributed by atoms with Gasteiger partial charge in [0.2, 0.25) is 0 Å². The lowest BCUT2D eigenvalue weighted by Crippen LogP contribution is -1.92. The number of carboxylic acid groups (broad SMARTS) is 1. The summed E-state index contributed by atoms with van der Waals surface area (Å²) < 4.78 is 1.70. The minimum atomic E-state index is -0.879. The summed E-state index contributed by atoms with van der Waals surface area (Å²) in [4.78, 5) is 10.2. The first-order valence-electron chi connectivity index (χ1n) is 2.55. The number of carbonyl (C=O) groups is 1. The number of nitrogens with zero attached hydrogens (tertiary/aromatic N) is 1. The molecule has 0 aromatic carbocycles. The summed E-state index contributed by atoms with van der Waals surface area (Å²) in [6, 6.07) is 1.56. The highest BCUT2D eigenvalue weighted by atomic mass is 35.5. The van der Waals surface area contributed by atoms with Crippen LogP contribution >= 0.6 is 12.4 Å². The minimum Gasteiger partial charge on any atom is -0.478 e. The van der Waals surface area contributed by atoms with Crippen LogP contribution in [0.1, 0.15) is 10.4 Å². The second kappa shape index (κ2) is 3.27. The Kier molecular flexibility index (Phi) is 2.96. The Labute approximate surface area is 64.7 Å². The zero-order valence-corrected chi connectivity index (χ0v) is 6.26. The molecule has 0 atom stereocenters. The fourth-order valence-electron chi connectivity index (χ4n) is 0.630. The van der Waals surface area contributed by atoms with Crippen LogP contribution in [0.15, 0.2) is 18.5 Å². The first-order valence-corrected chi connectivity index (χ1v) is 2.55. The van der Waals surface area contributed by atoms with E-state index in [0.717, 1.165) is 0 Å². The van der Waals surface area contributed by atoms with E-state index in [0.29, 0.717) is 5.56 Å². The highest BCUT2D eigenvalue weighted by molar-refractivity contribution is 5.87. The van der Waals surface area contributed by atoms with Crippen LogP contribution in [0.5, 0.6) is 0 Å². The molecule has 0 aliphatic carbocycles. The fourth-order valence-corrected chi connectivity index (χ4v) is 0.630. The van der Waals surface area contributed by atoms with Gasteiger partial charge >= 0.3 is 5.97 Å². The maximum absolute atomic E-state index is 10.2. The molecule has 0 fully saturated rings. The molecular weight excluding hydrogens is 154 g/mol. The first kappa shape index (κ1) is 9.04. The molecule has 0 unspecified atom stereocenters. The van der Waals surface area contributed by atoms with Crippen molar-refractivity contribution in [3.63, 3.8) is 0 Å². The molecule has 4 heteroatoms. The second-order valence-electron chi connectivity index (χ2n) is 1.87. The summed E-state index contributed by atoms with van der Waals surface area (Å²) in [5.41, 5.74) is 0.331. The highest BCUT2D eigenvalue weighted by Gasteiger charge is 2.00. The van der Waals surface area contributed by atoms with Crippen LogP contribution in [-0.4, -0.2) is 15.6 Å². The molecule has 1 N–H and O–H groups in total. The predicted molar refractivity (Wildman–Crippen MR) is 39.6 cm³/mol. The van der Waals surface area contributed by atoms with Gasteiger partial charge in [-0.2, -0.15) is 0 Å². The van der Waals surface area contributed by atoms with Crippen LogP contribution in [-0.2, 0) is 7.05 Å². The molecular formula is C6H8ClNO2. The van der Waals surface area contributed by atoms with Gasteiger partial charge in [-0.25, -0.2) is 4.79 Å². The van der Waals surface area contributed by atoms with E-state index in [-0.39, 0.29) is 12.4 Å². The molecule has 1 heterocycles. The van der Waals surface area contributed by atoms with Crippen LogP contribution in [0.3, 0.4) is 0 Å². The summed E-state index contributed by atoms with van der Waals surface area (Å²) in [6.45, 7) is 0. The molecule has 1 aromatic rings. The maximum Gasteiger partial charge on any atom is 0.337 e. The molecule has 0 spiro atoms. The lowest BCUT2D eigenvalue weighted by Gasteiger charge is -1.83. The SMILES string of the molecule is Cl.Cn1ccc(C(=O)O)c1. The Hall–Kier alpha value is -0.960. The second-order valence-corrected chi connectivity index (χ2v) is 1.87. The average molecular weight is 162 g/mol. The van der Waals surface area contributed by atoms with Crippen LogP contribution < -0.4 is 0 Å². The van der Waals surface area contributed by atoms with Crippen molar-refractivity contribution in [2.75, 3.05) is 0 Å². The van der Waals surface area contributed by atoms with E-state index in [1.165, 1.54) is 0 Å². The number of aromatic carboxylic acids is 1. The molecule has 0 radical (unpaired) electrons. The van der Waals surface area contributed by atoms with Gasteiger partial charge in [0, 0.05) is 19.4 Å². The number of halogens is 1. The summed E-state index contributed by atoms with van der Waals surface area (Å²) >= 11 is 0. The fraction of sp³-hybridized carbons (Fsp3) is 0.167. The Morgan fingerprint density at radius 2 is 2.30 bits per heavy atom. The smallest absolute Gasteiger partial charge is 0.337 e. The zero-order chi connectivity index (χ0) is 6.85. The molecule has 0 aliphatic heterocycles. The van der Waals surface area contributed by atoms with E-state index < -0.39 is 5.97 Å². The van der Waals surface area contributed by atoms with Crippen molar-refractivity contribution in [1.82, 2.24) is 4.57 Å². The third-order valence-corrected chi connectivity index (χ3v) is 1.08. The van der Waals surface area contributed by atoms with Gasteiger partial charge in [-0.3, -0.25) is 0 Å². The first-order chi connectivity index (χ1) is 4.20. The summed E-state index contributed by atoms with van der Waals surface area (Å²) in [7, 11) is 1.78. The van der Waals surface area contributed by atoms with Crippen molar-refractivity contribution in [2.24, 2.45) is 7.05 Å². The molecule has 1 aromatic heterocycles. The van der Waals surface area contributed by atoms with Crippen LogP contribution in [0, 0.1) is 0 Å².